The third-order valence-electron chi connectivity index (χ3n) is 2.24. The molecule has 3 nitrogen and oxygen atoms in total. The lowest BCUT2D eigenvalue weighted by atomic mass is 10.2. The van der Waals surface area contributed by atoms with Crippen LogP contribution in [0.4, 0.5) is 5.69 Å². The van der Waals surface area contributed by atoms with E-state index in [0.717, 1.165) is 10.2 Å². The average Bonchev–Trinajstić information content (AvgIpc) is 2.32. The zero-order valence-electron chi connectivity index (χ0n) is 9.31. The lowest BCUT2D eigenvalue weighted by Gasteiger charge is -2.09. The molecular weight excluding hydrogens is 282 g/mol. The number of hydrogen-bond donors (Lipinski definition) is 1. The van der Waals surface area contributed by atoms with Crippen molar-refractivity contribution in [3.05, 3.63) is 46.9 Å². The van der Waals surface area contributed by atoms with E-state index in [0.29, 0.717) is 17.2 Å². The summed E-state index contributed by atoms with van der Waals surface area (Å²) in [6.45, 7) is 0. The monoisotopic (exact) mass is 293 g/mol. The van der Waals surface area contributed by atoms with Crippen molar-refractivity contribution >= 4 is 21.6 Å². The summed E-state index contributed by atoms with van der Waals surface area (Å²) in [7, 11) is 1.60. The predicted octanol–water partition coefficient (Wildman–Crippen LogP) is 3.83. The van der Waals surface area contributed by atoms with Crippen LogP contribution in [0.3, 0.4) is 0 Å². The highest BCUT2D eigenvalue weighted by Crippen LogP contribution is 2.31. The lowest BCUT2D eigenvalue weighted by Crippen LogP contribution is -1.93. The maximum Gasteiger partial charge on any atom is 0.150 e. The van der Waals surface area contributed by atoms with E-state index in [1.807, 2.05) is 30.3 Å². The second-order valence-corrected chi connectivity index (χ2v) is 4.38. The summed E-state index contributed by atoms with van der Waals surface area (Å²) in [5, 5.41) is 0. The van der Waals surface area contributed by atoms with Gasteiger partial charge in [0.2, 0.25) is 0 Å². The fourth-order valence-corrected chi connectivity index (χ4v) is 1.78. The van der Waals surface area contributed by atoms with Crippen molar-refractivity contribution in [1.82, 2.24) is 0 Å². The molecule has 0 atom stereocenters. The Morgan fingerprint density at radius 3 is 2.53 bits per heavy atom. The van der Waals surface area contributed by atoms with Crippen LogP contribution in [0.15, 0.2) is 46.9 Å². The Labute approximate surface area is 108 Å². The number of nitrogen functional groups attached to an aromatic ring is 1. The van der Waals surface area contributed by atoms with E-state index in [4.69, 9.17) is 15.2 Å². The Balaban J connectivity index is 2.24. The first-order valence-corrected chi connectivity index (χ1v) is 5.85. The molecule has 0 radical (unpaired) electrons. The van der Waals surface area contributed by atoms with Gasteiger partial charge in [0.05, 0.1) is 12.8 Å². The third kappa shape index (κ3) is 2.91. The average molecular weight is 294 g/mol. The van der Waals surface area contributed by atoms with Gasteiger partial charge < -0.3 is 15.2 Å². The number of hydrogen-bond acceptors (Lipinski definition) is 3. The second kappa shape index (κ2) is 5.10. The topological polar surface area (TPSA) is 44.5 Å². The van der Waals surface area contributed by atoms with Gasteiger partial charge in [-0.3, -0.25) is 0 Å². The van der Waals surface area contributed by atoms with Gasteiger partial charge in [0.1, 0.15) is 11.5 Å². The molecule has 0 aliphatic carbocycles. The molecule has 0 fully saturated rings. The summed E-state index contributed by atoms with van der Waals surface area (Å²) in [6, 6.07) is 12.9. The van der Waals surface area contributed by atoms with Crippen molar-refractivity contribution in [2.24, 2.45) is 0 Å². The smallest absolute Gasteiger partial charge is 0.150 e. The number of methoxy groups -OCH3 is 1. The molecule has 2 rings (SSSR count). The van der Waals surface area contributed by atoms with E-state index in [-0.39, 0.29) is 0 Å². The number of ether oxygens (including phenoxy) is 2. The van der Waals surface area contributed by atoms with Crippen LogP contribution in [0, 0.1) is 0 Å². The van der Waals surface area contributed by atoms with E-state index in [1.54, 1.807) is 19.2 Å². The zero-order valence-corrected chi connectivity index (χ0v) is 10.9. The van der Waals surface area contributed by atoms with Crippen molar-refractivity contribution in [1.29, 1.82) is 0 Å². The molecule has 0 unspecified atom stereocenters. The van der Waals surface area contributed by atoms with Crippen molar-refractivity contribution in [3.8, 4) is 17.2 Å². The summed E-state index contributed by atoms with van der Waals surface area (Å²) in [6.07, 6.45) is 0. The van der Waals surface area contributed by atoms with Crippen LogP contribution in [0.5, 0.6) is 17.2 Å². The van der Waals surface area contributed by atoms with E-state index in [9.17, 15) is 0 Å². The van der Waals surface area contributed by atoms with Gasteiger partial charge in [-0.05, 0) is 30.3 Å². The highest BCUT2D eigenvalue weighted by Gasteiger charge is 2.04. The molecule has 0 aliphatic rings. The molecule has 0 amide bonds. The first-order valence-electron chi connectivity index (χ1n) is 5.06. The summed E-state index contributed by atoms with van der Waals surface area (Å²) in [5.41, 5.74) is 6.41. The quantitative estimate of drug-likeness (QED) is 0.875. The predicted molar refractivity (Wildman–Crippen MR) is 71.6 cm³/mol. The fraction of sp³-hybridized carbons (Fsp3) is 0.0769. The minimum absolute atomic E-state index is 0.546. The Bertz CT molecular complexity index is 529. The Hall–Kier alpha value is -1.68. The maximum absolute atomic E-state index is 5.87. The van der Waals surface area contributed by atoms with Gasteiger partial charge in [-0.1, -0.05) is 22.0 Å². The summed E-state index contributed by atoms with van der Waals surface area (Å²) in [4.78, 5) is 0. The molecule has 2 aromatic carbocycles. The van der Waals surface area contributed by atoms with Gasteiger partial charge in [0.25, 0.3) is 0 Å². The third-order valence-corrected chi connectivity index (χ3v) is 2.73. The minimum Gasteiger partial charge on any atom is -0.497 e. The van der Waals surface area contributed by atoms with Crippen LogP contribution in [0.1, 0.15) is 0 Å². The summed E-state index contributed by atoms with van der Waals surface area (Å²) < 4.78 is 11.7. The van der Waals surface area contributed by atoms with Crippen LogP contribution < -0.4 is 15.2 Å². The molecular formula is C13H12BrNO2. The van der Waals surface area contributed by atoms with Gasteiger partial charge in [-0.15, -0.1) is 0 Å². The SMILES string of the molecule is COc1ccc(Oc2cccc(Br)c2)c(N)c1. The van der Waals surface area contributed by atoms with Crippen LogP contribution in [-0.4, -0.2) is 7.11 Å². The molecule has 0 saturated carbocycles. The molecule has 2 aromatic rings. The minimum atomic E-state index is 0.546. The number of rotatable bonds is 3. The Morgan fingerprint density at radius 2 is 1.88 bits per heavy atom. The normalized spacial score (nSPS) is 10.0. The van der Waals surface area contributed by atoms with Crippen LogP contribution >= 0.6 is 15.9 Å². The van der Waals surface area contributed by atoms with Crippen molar-refractivity contribution in [3.63, 3.8) is 0 Å². The van der Waals surface area contributed by atoms with Crippen molar-refractivity contribution in [2.75, 3.05) is 12.8 Å². The van der Waals surface area contributed by atoms with Crippen LogP contribution in [-0.2, 0) is 0 Å². The van der Waals surface area contributed by atoms with E-state index >= 15 is 0 Å². The van der Waals surface area contributed by atoms with Gasteiger partial charge in [0, 0.05) is 10.5 Å². The lowest BCUT2D eigenvalue weighted by molar-refractivity contribution is 0.413. The summed E-state index contributed by atoms with van der Waals surface area (Å²) in [5.74, 6) is 2.06. The number of benzene rings is 2. The molecule has 17 heavy (non-hydrogen) atoms. The number of halogens is 1. The van der Waals surface area contributed by atoms with Crippen molar-refractivity contribution < 1.29 is 9.47 Å². The Morgan fingerprint density at radius 1 is 1.06 bits per heavy atom. The highest BCUT2D eigenvalue weighted by atomic mass is 79.9. The van der Waals surface area contributed by atoms with Gasteiger partial charge in [-0.2, -0.15) is 0 Å². The molecule has 0 heterocycles. The first kappa shape index (κ1) is 11.8. The molecule has 0 spiro atoms. The molecule has 0 bridgehead atoms. The molecule has 0 aliphatic heterocycles. The van der Waals surface area contributed by atoms with E-state index < -0.39 is 0 Å². The number of anilines is 1. The molecule has 88 valence electrons. The fourth-order valence-electron chi connectivity index (χ4n) is 1.40. The highest BCUT2D eigenvalue weighted by molar-refractivity contribution is 9.10. The molecule has 0 aromatic heterocycles. The second-order valence-electron chi connectivity index (χ2n) is 3.46. The first-order chi connectivity index (χ1) is 8.19. The summed E-state index contributed by atoms with van der Waals surface area (Å²) >= 11 is 3.39. The zero-order chi connectivity index (χ0) is 12.3. The van der Waals surface area contributed by atoms with E-state index in [1.165, 1.54) is 0 Å². The maximum atomic E-state index is 5.87. The van der Waals surface area contributed by atoms with Gasteiger partial charge >= 0.3 is 0 Å². The van der Waals surface area contributed by atoms with E-state index in [2.05, 4.69) is 15.9 Å². The Kier molecular flexibility index (Phi) is 3.54. The molecule has 4 heteroatoms. The van der Waals surface area contributed by atoms with Gasteiger partial charge in [0.15, 0.2) is 5.75 Å². The number of nitrogens with two attached hydrogens (primary N) is 1. The van der Waals surface area contributed by atoms with Crippen molar-refractivity contribution in [2.45, 2.75) is 0 Å². The van der Waals surface area contributed by atoms with Crippen LogP contribution in [0.25, 0.3) is 0 Å². The van der Waals surface area contributed by atoms with Crippen LogP contribution in [0.2, 0.25) is 0 Å². The largest absolute Gasteiger partial charge is 0.497 e. The molecule has 2 N–H and O–H groups in total. The standard InChI is InChI=1S/C13H12BrNO2/c1-16-10-5-6-13(12(15)8-10)17-11-4-2-3-9(14)7-11/h2-8H,15H2,1H3. The molecule has 0 saturated heterocycles. The van der Waals surface area contributed by atoms with Gasteiger partial charge in [-0.25, -0.2) is 0 Å².